The number of hydrogen-bond acceptors (Lipinski definition) is 3. The lowest BCUT2D eigenvalue weighted by Crippen LogP contribution is -2.26. The summed E-state index contributed by atoms with van der Waals surface area (Å²) in [5.41, 5.74) is 0.824. The van der Waals surface area contributed by atoms with E-state index >= 15 is 0 Å². The first-order valence-corrected chi connectivity index (χ1v) is 6.12. The first-order valence-electron chi connectivity index (χ1n) is 6.12. The van der Waals surface area contributed by atoms with E-state index in [9.17, 15) is 9.59 Å². The smallest absolute Gasteiger partial charge is 0.306 e. The Labute approximate surface area is 108 Å². The summed E-state index contributed by atoms with van der Waals surface area (Å²) in [5.74, 6) is -0.402. The molecule has 1 rings (SSSR count). The highest BCUT2D eigenvalue weighted by Crippen LogP contribution is 2.12. The van der Waals surface area contributed by atoms with Gasteiger partial charge in [-0.05, 0) is 18.6 Å². The standard InChI is InChI=1S/C14H19NO3/c1-3-11-18-14(17)10-9-13(16)15(2)12-7-5-4-6-8-12/h4-8H,3,9-11H2,1-2H3. The molecule has 98 valence electrons. The summed E-state index contributed by atoms with van der Waals surface area (Å²) in [6.45, 7) is 2.35. The summed E-state index contributed by atoms with van der Waals surface area (Å²) in [4.78, 5) is 24.7. The van der Waals surface area contributed by atoms with Gasteiger partial charge in [-0.2, -0.15) is 0 Å². The van der Waals surface area contributed by atoms with Crippen molar-refractivity contribution in [1.29, 1.82) is 0 Å². The molecule has 0 saturated heterocycles. The second kappa shape index (κ2) is 7.48. The maximum absolute atomic E-state index is 11.8. The number of carbonyl (C=O) groups excluding carboxylic acids is 2. The summed E-state index contributed by atoms with van der Waals surface area (Å²) in [6.07, 6.45) is 1.10. The fourth-order valence-corrected chi connectivity index (χ4v) is 1.46. The third-order valence-corrected chi connectivity index (χ3v) is 2.53. The Kier molecular flexibility index (Phi) is 5.91. The summed E-state index contributed by atoms with van der Waals surface area (Å²) in [7, 11) is 1.70. The number of anilines is 1. The molecule has 0 heterocycles. The second-order valence-electron chi connectivity index (χ2n) is 4.01. The van der Waals surface area contributed by atoms with Crippen LogP contribution in [0.4, 0.5) is 5.69 Å². The second-order valence-corrected chi connectivity index (χ2v) is 4.01. The fraction of sp³-hybridized carbons (Fsp3) is 0.429. The van der Waals surface area contributed by atoms with Gasteiger partial charge in [-0.25, -0.2) is 0 Å². The van der Waals surface area contributed by atoms with Crippen LogP contribution >= 0.6 is 0 Å². The lowest BCUT2D eigenvalue weighted by atomic mass is 10.2. The van der Waals surface area contributed by atoms with Gasteiger partial charge >= 0.3 is 5.97 Å². The van der Waals surface area contributed by atoms with Crippen LogP contribution in [0.1, 0.15) is 26.2 Å². The van der Waals surface area contributed by atoms with Crippen molar-refractivity contribution in [3.63, 3.8) is 0 Å². The summed E-state index contributed by atoms with van der Waals surface area (Å²) in [6, 6.07) is 9.34. The SMILES string of the molecule is CCCOC(=O)CCC(=O)N(C)c1ccccc1. The van der Waals surface area contributed by atoms with E-state index in [1.807, 2.05) is 37.3 Å². The fourth-order valence-electron chi connectivity index (χ4n) is 1.46. The average Bonchev–Trinajstić information content (AvgIpc) is 2.42. The highest BCUT2D eigenvalue weighted by molar-refractivity contribution is 5.94. The van der Waals surface area contributed by atoms with Crippen LogP contribution in [-0.2, 0) is 14.3 Å². The Morgan fingerprint density at radius 2 is 1.83 bits per heavy atom. The number of rotatable bonds is 6. The minimum absolute atomic E-state index is 0.0883. The van der Waals surface area contributed by atoms with Crippen LogP contribution in [-0.4, -0.2) is 25.5 Å². The molecule has 1 aromatic rings. The number of ether oxygens (including phenoxy) is 1. The molecule has 0 fully saturated rings. The van der Waals surface area contributed by atoms with E-state index in [1.54, 1.807) is 11.9 Å². The normalized spacial score (nSPS) is 9.89. The molecule has 0 aliphatic rings. The van der Waals surface area contributed by atoms with Gasteiger partial charge in [-0.3, -0.25) is 9.59 Å². The van der Waals surface area contributed by atoms with Crippen molar-refractivity contribution >= 4 is 17.6 Å². The van der Waals surface area contributed by atoms with Gasteiger partial charge in [0.05, 0.1) is 13.0 Å². The number of benzene rings is 1. The molecular weight excluding hydrogens is 230 g/mol. The zero-order chi connectivity index (χ0) is 13.4. The van der Waals surface area contributed by atoms with Crippen LogP contribution in [0, 0.1) is 0 Å². The largest absolute Gasteiger partial charge is 0.466 e. The highest BCUT2D eigenvalue weighted by atomic mass is 16.5. The predicted molar refractivity (Wildman–Crippen MR) is 70.3 cm³/mol. The van der Waals surface area contributed by atoms with Crippen molar-refractivity contribution in [2.75, 3.05) is 18.6 Å². The van der Waals surface area contributed by atoms with Gasteiger partial charge in [0, 0.05) is 19.2 Å². The number of esters is 1. The molecule has 4 nitrogen and oxygen atoms in total. The first-order chi connectivity index (χ1) is 8.65. The van der Waals surface area contributed by atoms with E-state index < -0.39 is 0 Å². The Hall–Kier alpha value is -1.84. The Morgan fingerprint density at radius 1 is 1.17 bits per heavy atom. The van der Waals surface area contributed by atoms with Crippen molar-refractivity contribution in [2.24, 2.45) is 0 Å². The minimum atomic E-state index is -0.313. The van der Waals surface area contributed by atoms with Crippen LogP contribution < -0.4 is 4.90 Å². The molecule has 18 heavy (non-hydrogen) atoms. The molecule has 0 aliphatic carbocycles. The molecular formula is C14H19NO3. The van der Waals surface area contributed by atoms with Gasteiger partial charge in [0.2, 0.25) is 5.91 Å². The van der Waals surface area contributed by atoms with Crippen molar-refractivity contribution in [3.05, 3.63) is 30.3 Å². The molecule has 0 spiro atoms. The minimum Gasteiger partial charge on any atom is -0.466 e. The molecule has 0 bridgehead atoms. The molecule has 0 aliphatic heterocycles. The first kappa shape index (κ1) is 14.2. The zero-order valence-corrected chi connectivity index (χ0v) is 10.9. The molecule has 4 heteroatoms. The van der Waals surface area contributed by atoms with Gasteiger partial charge < -0.3 is 9.64 Å². The Bertz CT molecular complexity index is 389. The molecule has 1 amide bonds. The average molecular weight is 249 g/mol. The van der Waals surface area contributed by atoms with Gasteiger partial charge in [0.25, 0.3) is 0 Å². The van der Waals surface area contributed by atoms with Crippen LogP contribution in [0.5, 0.6) is 0 Å². The van der Waals surface area contributed by atoms with Gasteiger partial charge in [0.15, 0.2) is 0 Å². The van der Waals surface area contributed by atoms with Crippen molar-refractivity contribution in [2.45, 2.75) is 26.2 Å². The van der Waals surface area contributed by atoms with Crippen molar-refractivity contribution in [3.8, 4) is 0 Å². The summed E-state index contributed by atoms with van der Waals surface area (Å²) < 4.78 is 4.92. The third kappa shape index (κ3) is 4.57. The number of hydrogen-bond donors (Lipinski definition) is 0. The molecule has 0 aromatic heterocycles. The molecule has 0 radical (unpaired) electrons. The zero-order valence-electron chi connectivity index (χ0n) is 10.9. The molecule has 0 N–H and O–H groups in total. The van der Waals surface area contributed by atoms with Gasteiger partial charge in [-0.1, -0.05) is 25.1 Å². The van der Waals surface area contributed by atoms with E-state index in [2.05, 4.69) is 0 Å². The topological polar surface area (TPSA) is 46.6 Å². The quantitative estimate of drug-likeness (QED) is 0.727. The van der Waals surface area contributed by atoms with E-state index in [-0.39, 0.29) is 24.7 Å². The number of amides is 1. The molecule has 0 saturated carbocycles. The van der Waals surface area contributed by atoms with E-state index in [0.29, 0.717) is 6.61 Å². The van der Waals surface area contributed by atoms with E-state index in [4.69, 9.17) is 4.74 Å². The number of para-hydroxylation sites is 1. The van der Waals surface area contributed by atoms with Crippen LogP contribution in [0.25, 0.3) is 0 Å². The lowest BCUT2D eigenvalue weighted by Gasteiger charge is -2.16. The monoisotopic (exact) mass is 249 g/mol. The summed E-state index contributed by atoms with van der Waals surface area (Å²) in [5, 5.41) is 0. The Balaban J connectivity index is 2.39. The number of carbonyl (C=O) groups is 2. The summed E-state index contributed by atoms with van der Waals surface area (Å²) >= 11 is 0. The van der Waals surface area contributed by atoms with Crippen LogP contribution in [0.2, 0.25) is 0 Å². The Morgan fingerprint density at radius 3 is 2.44 bits per heavy atom. The maximum atomic E-state index is 11.8. The van der Waals surface area contributed by atoms with E-state index in [1.165, 1.54) is 0 Å². The van der Waals surface area contributed by atoms with E-state index in [0.717, 1.165) is 12.1 Å². The highest BCUT2D eigenvalue weighted by Gasteiger charge is 2.13. The molecule has 0 unspecified atom stereocenters. The maximum Gasteiger partial charge on any atom is 0.306 e. The van der Waals surface area contributed by atoms with Gasteiger partial charge in [0.1, 0.15) is 0 Å². The molecule has 0 atom stereocenters. The van der Waals surface area contributed by atoms with Gasteiger partial charge in [-0.15, -0.1) is 0 Å². The lowest BCUT2D eigenvalue weighted by molar-refractivity contribution is -0.144. The molecule has 1 aromatic carbocycles. The van der Waals surface area contributed by atoms with Crippen LogP contribution in [0.15, 0.2) is 30.3 Å². The third-order valence-electron chi connectivity index (χ3n) is 2.53. The predicted octanol–water partition coefficient (Wildman–Crippen LogP) is 2.38. The number of nitrogens with zero attached hydrogens (tertiary/aromatic N) is 1. The van der Waals surface area contributed by atoms with Crippen molar-refractivity contribution in [1.82, 2.24) is 0 Å². The van der Waals surface area contributed by atoms with Crippen LogP contribution in [0.3, 0.4) is 0 Å². The van der Waals surface area contributed by atoms with Crippen molar-refractivity contribution < 1.29 is 14.3 Å².